The predicted octanol–water partition coefficient (Wildman–Crippen LogP) is 1.97. The minimum Gasteiger partial charge on any atom is -0.354 e. The van der Waals surface area contributed by atoms with Gasteiger partial charge in [0.25, 0.3) is 0 Å². The van der Waals surface area contributed by atoms with Crippen LogP contribution in [0.1, 0.15) is 31.9 Å². The third-order valence-electron chi connectivity index (χ3n) is 2.75. The Hall–Kier alpha value is -1.63. The highest BCUT2D eigenvalue weighted by molar-refractivity contribution is 5.49. The first-order valence-electron chi connectivity index (χ1n) is 5.81. The summed E-state index contributed by atoms with van der Waals surface area (Å²) >= 11 is 0. The van der Waals surface area contributed by atoms with Crippen molar-refractivity contribution < 1.29 is 0 Å². The van der Waals surface area contributed by atoms with E-state index in [2.05, 4.69) is 27.9 Å². The lowest BCUT2D eigenvalue weighted by Crippen LogP contribution is -2.28. The van der Waals surface area contributed by atoms with Gasteiger partial charge in [-0.05, 0) is 25.2 Å². The fourth-order valence-corrected chi connectivity index (χ4v) is 1.81. The summed E-state index contributed by atoms with van der Waals surface area (Å²) in [6.07, 6.45) is 6.91. The van der Waals surface area contributed by atoms with Gasteiger partial charge in [-0.15, -0.1) is 0 Å². The van der Waals surface area contributed by atoms with Crippen molar-refractivity contribution in [3.05, 3.63) is 18.1 Å². The molecule has 84 valence electrons. The standard InChI is InChI=1S/C12H16N4/c1-2-7-16(9-10-3-4-10)12-11(8-13)14-5-6-15-12/h5-6,10H,2-4,7,9H2,1H3. The van der Waals surface area contributed by atoms with Crippen molar-refractivity contribution in [2.45, 2.75) is 26.2 Å². The van der Waals surface area contributed by atoms with Crippen molar-refractivity contribution in [1.29, 1.82) is 5.26 Å². The Balaban J connectivity index is 2.19. The molecule has 0 bridgehead atoms. The molecular formula is C12H16N4. The number of anilines is 1. The largest absolute Gasteiger partial charge is 0.354 e. The van der Waals surface area contributed by atoms with Crippen LogP contribution in [0, 0.1) is 17.2 Å². The first-order valence-corrected chi connectivity index (χ1v) is 5.81. The van der Waals surface area contributed by atoms with Gasteiger partial charge in [-0.1, -0.05) is 6.92 Å². The summed E-state index contributed by atoms with van der Waals surface area (Å²) < 4.78 is 0. The topological polar surface area (TPSA) is 52.8 Å². The molecule has 1 fully saturated rings. The minimum atomic E-state index is 0.441. The van der Waals surface area contributed by atoms with E-state index in [0.29, 0.717) is 5.69 Å². The predicted molar refractivity (Wildman–Crippen MR) is 62.0 cm³/mol. The highest BCUT2D eigenvalue weighted by atomic mass is 15.2. The van der Waals surface area contributed by atoms with Crippen LogP contribution >= 0.6 is 0 Å². The molecule has 0 aromatic carbocycles. The summed E-state index contributed by atoms with van der Waals surface area (Å²) in [7, 11) is 0. The molecule has 1 heterocycles. The van der Waals surface area contributed by atoms with E-state index in [1.165, 1.54) is 12.8 Å². The van der Waals surface area contributed by atoms with Crippen LogP contribution in [0.4, 0.5) is 5.82 Å². The third-order valence-corrected chi connectivity index (χ3v) is 2.75. The van der Waals surface area contributed by atoms with Crippen LogP contribution < -0.4 is 4.90 Å². The molecule has 0 spiro atoms. The van der Waals surface area contributed by atoms with E-state index in [1.54, 1.807) is 12.4 Å². The first kappa shape index (κ1) is 10.9. The second-order valence-electron chi connectivity index (χ2n) is 4.23. The number of aromatic nitrogens is 2. The van der Waals surface area contributed by atoms with Gasteiger partial charge in [0.2, 0.25) is 0 Å². The monoisotopic (exact) mass is 216 g/mol. The molecule has 4 nitrogen and oxygen atoms in total. The minimum absolute atomic E-state index is 0.441. The smallest absolute Gasteiger partial charge is 0.183 e. The second kappa shape index (κ2) is 4.93. The molecule has 2 rings (SSSR count). The maximum Gasteiger partial charge on any atom is 0.183 e. The van der Waals surface area contributed by atoms with Crippen LogP contribution in [-0.2, 0) is 0 Å². The molecule has 1 saturated carbocycles. The van der Waals surface area contributed by atoms with Crippen molar-refractivity contribution in [2.24, 2.45) is 5.92 Å². The number of hydrogen-bond acceptors (Lipinski definition) is 4. The highest BCUT2D eigenvalue weighted by Gasteiger charge is 2.25. The molecule has 0 radical (unpaired) electrons. The summed E-state index contributed by atoms with van der Waals surface area (Å²) in [6.45, 7) is 4.10. The first-order chi connectivity index (χ1) is 7.85. The molecule has 16 heavy (non-hydrogen) atoms. The SMILES string of the molecule is CCCN(CC1CC1)c1nccnc1C#N. The number of nitriles is 1. The van der Waals surface area contributed by atoms with E-state index in [0.717, 1.165) is 31.2 Å². The molecule has 1 aromatic heterocycles. The summed E-state index contributed by atoms with van der Waals surface area (Å²) in [5.74, 6) is 1.54. The van der Waals surface area contributed by atoms with E-state index in [4.69, 9.17) is 5.26 Å². The number of hydrogen-bond donors (Lipinski definition) is 0. The molecule has 0 N–H and O–H groups in total. The van der Waals surface area contributed by atoms with Crippen LogP contribution in [0.2, 0.25) is 0 Å². The summed E-state index contributed by atoms with van der Waals surface area (Å²) in [5, 5.41) is 9.01. The Morgan fingerprint density at radius 3 is 2.81 bits per heavy atom. The Morgan fingerprint density at radius 1 is 1.44 bits per heavy atom. The average Bonchev–Trinajstić information content (AvgIpc) is 3.12. The molecule has 0 saturated heterocycles. The maximum atomic E-state index is 9.01. The highest BCUT2D eigenvalue weighted by Crippen LogP contribution is 2.31. The average molecular weight is 216 g/mol. The van der Waals surface area contributed by atoms with Gasteiger partial charge in [0.05, 0.1) is 0 Å². The van der Waals surface area contributed by atoms with Crippen LogP contribution in [-0.4, -0.2) is 23.1 Å². The zero-order chi connectivity index (χ0) is 11.4. The van der Waals surface area contributed by atoms with E-state index < -0.39 is 0 Å². The Kier molecular flexibility index (Phi) is 3.35. The van der Waals surface area contributed by atoms with E-state index in [1.807, 2.05) is 0 Å². The van der Waals surface area contributed by atoms with Gasteiger partial charge in [-0.2, -0.15) is 5.26 Å². The quantitative estimate of drug-likeness (QED) is 0.755. The molecule has 1 aliphatic rings. The molecule has 0 aliphatic heterocycles. The second-order valence-corrected chi connectivity index (χ2v) is 4.23. The van der Waals surface area contributed by atoms with Gasteiger partial charge in [-0.3, -0.25) is 0 Å². The number of nitrogens with zero attached hydrogens (tertiary/aromatic N) is 4. The van der Waals surface area contributed by atoms with Crippen molar-refractivity contribution in [1.82, 2.24) is 9.97 Å². The van der Waals surface area contributed by atoms with Crippen LogP contribution in [0.3, 0.4) is 0 Å². The Morgan fingerprint density at radius 2 is 2.19 bits per heavy atom. The van der Waals surface area contributed by atoms with Gasteiger partial charge >= 0.3 is 0 Å². The van der Waals surface area contributed by atoms with Crippen LogP contribution in [0.5, 0.6) is 0 Å². The molecule has 0 unspecified atom stereocenters. The lowest BCUT2D eigenvalue weighted by molar-refractivity contribution is 0.696. The van der Waals surface area contributed by atoms with Crippen molar-refractivity contribution >= 4 is 5.82 Å². The van der Waals surface area contributed by atoms with Crippen molar-refractivity contribution in [2.75, 3.05) is 18.0 Å². The molecule has 0 amide bonds. The molecule has 4 heteroatoms. The molecular weight excluding hydrogens is 200 g/mol. The normalized spacial score (nSPS) is 14.5. The lowest BCUT2D eigenvalue weighted by atomic mass is 10.3. The third kappa shape index (κ3) is 2.48. The molecule has 1 aliphatic carbocycles. The van der Waals surface area contributed by atoms with E-state index in [9.17, 15) is 0 Å². The summed E-state index contributed by atoms with van der Waals surface area (Å²) in [4.78, 5) is 10.6. The van der Waals surface area contributed by atoms with Crippen LogP contribution in [0.15, 0.2) is 12.4 Å². The lowest BCUT2D eigenvalue weighted by Gasteiger charge is -2.23. The zero-order valence-electron chi connectivity index (χ0n) is 9.56. The fraction of sp³-hybridized carbons (Fsp3) is 0.583. The summed E-state index contributed by atoms with van der Waals surface area (Å²) in [5.41, 5.74) is 0.441. The van der Waals surface area contributed by atoms with Gasteiger partial charge < -0.3 is 4.90 Å². The van der Waals surface area contributed by atoms with E-state index in [-0.39, 0.29) is 0 Å². The van der Waals surface area contributed by atoms with Crippen molar-refractivity contribution in [3.8, 4) is 6.07 Å². The molecule has 1 aromatic rings. The Bertz CT molecular complexity index is 392. The molecule has 0 atom stereocenters. The van der Waals surface area contributed by atoms with E-state index >= 15 is 0 Å². The van der Waals surface area contributed by atoms with Gasteiger partial charge in [-0.25, -0.2) is 9.97 Å². The van der Waals surface area contributed by atoms with Gasteiger partial charge in [0, 0.05) is 25.5 Å². The van der Waals surface area contributed by atoms with Gasteiger partial charge in [0.15, 0.2) is 11.5 Å². The maximum absolute atomic E-state index is 9.01. The van der Waals surface area contributed by atoms with Crippen molar-refractivity contribution in [3.63, 3.8) is 0 Å². The zero-order valence-corrected chi connectivity index (χ0v) is 9.56. The van der Waals surface area contributed by atoms with Crippen LogP contribution in [0.25, 0.3) is 0 Å². The number of rotatable bonds is 5. The van der Waals surface area contributed by atoms with Gasteiger partial charge in [0.1, 0.15) is 6.07 Å². The Labute approximate surface area is 95.9 Å². The fourth-order valence-electron chi connectivity index (χ4n) is 1.81. The summed E-state index contributed by atoms with van der Waals surface area (Å²) in [6, 6.07) is 2.11.